The molecule has 2 nitrogen and oxygen atoms in total. The summed E-state index contributed by atoms with van der Waals surface area (Å²) in [6.45, 7) is 3.39. The normalized spacial score (nSPS) is 11.1. The fourth-order valence-corrected chi connectivity index (χ4v) is 2.18. The molecule has 1 aromatic rings. The third kappa shape index (κ3) is 6.66. The van der Waals surface area contributed by atoms with Crippen LogP contribution in [0, 0.1) is 0 Å². The molecule has 0 bridgehead atoms. The molecule has 0 fully saturated rings. The van der Waals surface area contributed by atoms with Crippen LogP contribution in [0.2, 0.25) is 0 Å². The van der Waals surface area contributed by atoms with Crippen molar-refractivity contribution in [3.63, 3.8) is 0 Å². The van der Waals surface area contributed by atoms with Crippen molar-refractivity contribution in [2.75, 3.05) is 33.7 Å². The molecule has 0 spiro atoms. The first kappa shape index (κ1) is 12.7. The molecule has 1 aromatic heterocycles. The number of unbranched alkanes of at least 4 members (excludes halogenated alkanes) is 1. The second-order valence-electron chi connectivity index (χ2n) is 4.09. The predicted molar refractivity (Wildman–Crippen MR) is 68.7 cm³/mol. The molecule has 0 radical (unpaired) electrons. The summed E-state index contributed by atoms with van der Waals surface area (Å²) in [4.78, 5) is 3.72. The van der Waals surface area contributed by atoms with E-state index >= 15 is 0 Å². The highest BCUT2D eigenvalue weighted by Crippen LogP contribution is 2.11. The summed E-state index contributed by atoms with van der Waals surface area (Å²) in [5, 5.41) is 5.62. The van der Waals surface area contributed by atoms with Gasteiger partial charge in [0.25, 0.3) is 0 Å². The van der Waals surface area contributed by atoms with Gasteiger partial charge in [-0.2, -0.15) is 0 Å². The molecule has 86 valence electrons. The molecular formula is C12H22N2S. The van der Waals surface area contributed by atoms with E-state index in [1.54, 1.807) is 0 Å². The van der Waals surface area contributed by atoms with Gasteiger partial charge in [0.1, 0.15) is 0 Å². The molecule has 0 aliphatic carbocycles. The number of aryl methyl sites for hydroxylation is 1. The lowest BCUT2D eigenvalue weighted by atomic mass is 10.2. The highest BCUT2D eigenvalue weighted by atomic mass is 32.1. The van der Waals surface area contributed by atoms with Crippen LogP contribution in [0.25, 0.3) is 0 Å². The van der Waals surface area contributed by atoms with Crippen molar-refractivity contribution in [1.29, 1.82) is 0 Å². The van der Waals surface area contributed by atoms with Crippen molar-refractivity contribution in [2.45, 2.75) is 19.3 Å². The van der Waals surface area contributed by atoms with Crippen LogP contribution in [-0.4, -0.2) is 38.6 Å². The molecule has 0 aliphatic rings. The highest BCUT2D eigenvalue weighted by molar-refractivity contribution is 7.09. The van der Waals surface area contributed by atoms with Crippen molar-refractivity contribution in [1.82, 2.24) is 10.2 Å². The highest BCUT2D eigenvalue weighted by Gasteiger charge is 1.94. The first-order chi connectivity index (χ1) is 7.29. The van der Waals surface area contributed by atoms with E-state index in [9.17, 15) is 0 Å². The van der Waals surface area contributed by atoms with E-state index in [2.05, 4.69) is 41.8 Å². The van der Waals surface area contributed by atoms with Gasteiger partial charge in [-0.3, -0.25) is 0 Å². The van der Waals surface area contributed by atoms with Crippen molar-refractivity contribution >= 4 is 11.3 Å². The molecule has 0 aromatic carbocycles. The predicted octanol–water partition coefficient (Wildman–Crippen LogP) is 2.22. The summed E-state index contributed by atoms with van der Waals surface area (Å²) < 4.78 is 0. The van der Waals surface area contributed by atoms with E-state index in [0.29, 0.717) is 0 Å². The Labute approximate surface area is 97.3 Å². The molecular weight excluding hydrogens is 204 g/mol. The minimum absolute atomic E-state index is 1.10. The summed E-state index contributed by atoms with van der Waals surface area (Å²) in [5.74, 6) is 0. The van der Waals surface area contributed by atoms with Gasteiger partial charge in [-0.15, -0.1) is 11.3 Å². The molecule has 0 aliphatic heterocycles. The first-order valence-corrected chi connectivity index (χ1v) is 6.55. The van der Waals surface area contributed by atoms with E-state index in [4.69, 9.17) is 0 Å². The van der Waals surface area contributed by atoms with Gasteiger partial charge in [0, 0.05) is 18.0 Å². The van der Waals surface area contributed by atoms with E-state index in [-0.39, 0.29) is 0 Å². The largest absolute Gasteiger partial charge is 0.315 e. The number of thiophene rings is 1. The van der Waals surface area contributed by atoms with Crippen LogP contribution in [0.1, 0.15) is 17.7 Å². The van der Waals surface area contributed by atoms with Crippen LogP contribution in [0.4, 0.5) is 0 Å². The third-order valence-electron chi connectivity index (χ3n) is 2.34. The van der Waals surface area contributed by atoms with Gasteiger partial charge in [-0.05, 0) is 51.3 Å². The lowest BCUT2D eigenvalue weighted by Crippen LogP contribution is -2.27. The summed E-state index contributed by atoms with van der Waals surface area (Å²) in [6.07, 6.45) is 3.83. The second kappa shape index (κ2) is 7.85. The monoisotopic (exact) mass is 226 g/mol. The van der Waals surface area contributed by atoms with Crippen molar-refractivity contribution in [3.05, 3.63) is 22.4 Å². The quantitative estimate of drug-likeness (QED) is 0.684. The van der Waals surface area contributed by atoms with E-state index in [1.807, 2.05) is 11.3 Å². The molecule has 1 N–H and O–H groups in total. The minimum atomic E-state index is 1.10. The molecule has 0 unspecified atom stereocenters. The maximum Gasteiger partial charge on any atom is 0.0101 e. The fraction of sp³-hybridized carbons (Fsp3) is 0.667. The van der Waals surface area contributed by atoms with E-state index in [0.717, 1.165) is 19.6 Å². The Morgan fingerprint density at radius 1 is 1.27 bits per heavy atom. The van der Waals surface area contributed by atoms with Gasteiger partial charge in [-0.25, -0.2) is 0 Å². The Kier molecular flexibility index (Phi) is 6.64. The van der Waals surface area contributed by atoms with Gasteiger partial charge >= 0.3 is 0 Å². The second-order valence-corrected chi connectivity index (χ2v) is 5.12. The first-order valence-electron chi connectivity index (χ1n) is 5.67. The molecule has 1 heterocycles. The van der Waals surface area contributed by atoms with Crippen LogP contribution in [0.3, 0.4) is 0 Å². The summed E-state index contributed by atoms with van der Waals surface area (Å²) >= 11 is 1.87. The molecule has 3 heteroatoms. The number of hydrogen-bond donors (Lipinski definition) is 1. The van der Waals surface area contributed by atoms with E-state index < -0.39 is 0 Å². The minimum Gasteiger partial charge on any atom is -0.315 e. The van der Waals surface area contributed by atoms with Crippen LogP contribution in [0.5, 0.6) is 0 Å². The van der Waals surface area contributed by atoms with Crippen LogP contribution in [0.15, 0.2) is 17.5 Å². The summed E-state index contributed by atoms with van der Waals surface area (Å²) in [6, 6.07) is 4.36. The number of likely N-dealkylation sites (N-methyl/N-ethyl adjacent to an activating group) is 1. The zero-order valence-electron chi connectivity index (χ0n) is 9.83. The zero-order valence-corrected chi connectivity index (χ0v) is 10.6. The smallest absolute Gasteiger partial charge is 0.0101 e. The molecule has 0 amide bonds. The average molecular weight is 226 g/mol. The standard InChI is InChI=1S/C12H22N2S/c1-14(2)10-9-13-8-4-3-6-12-7-5-11-15-12/h5,7,11,13H,3-4,6,8-10H2,1-2H3. The zero-order chi connectivity index (χ0) is 10.9. The Morgan fingerprint density at radius 3 is 2.80 bits per heavy atom. The van der Waals surface area contributed by atoms with Gasteiger partial charge < -0.3 is 10.2 Å². The van der Waals surface area contributed by atoms with Crippen molar-refractivity contribution < 1.29 is 0 Å². The van der Waals surface area contributed by atoms with Gasteiger partial charge in [0.05, 0.1) is 0 Å². The Balaban J connectivity index is 1.85. The fourth-order valence-electron chi connectivity index (χ4n) is 1.43. The molecule has 0 saturated carbocycles. The van der Waals surface area contributed by atoms with Gasteiger partial charge in [0.2, 0.25) is 0 Å². The Morgan fingerprint density at radius 2 is 2.13 bits per heavy atom. The molecule has 0 saturated heterocycles. The SMILES string of the molecule is CN(C)CCNCCCCc1cccs1. The number of nitrogens with zero attached hydrogens (tertiary/aromatic N) is 1. The lowest BCUT2D eigenvalue weighted by Gasteiger charge is -2.09. The van der Waals surface area contributed by atoms with Gasteiger partial charge in [-0.1, -0.05) is 6.07 Å². The Hall–Kier alpha value is -0.380. The number of nitrogens with one attached hydrogen (secondary N) is 1. The number of hydrogen-bond acceptors (Lipinski definition) is 3. The van der Waals surface area contributed by atoms with Crippen LogP contribution >= 0.6 is 11.3 Å². The maximum atomic E-state index is 3.46. The van der Waals surface area contributed by atoms with E-state index in [1.165, 1.54) is 24.1 Å². The van der Waals surface area contributed by atoms with Crippen molar-refractivity contribution in [2.24, 2.45) is 0 Å². The average Bonchev–Trinajstić information content (AvgIpc) is 2.68. The van der Waals surface area contributed by atoms with Crippen LogP contribution < -0.4 is 5.32 Å². The number of rotatable bonds is 8. The summed E-state index contributed by atoms with van der Waals surface area (Å²) in [5.41, 5.74) is 0. The topological polar surface area (TPSA) is 15.3 Å². The molecule has 15 heavy (non-hydrogen) atoms. The molecule has 0 atom stereocenters. The lowest BCUT2D eigenvalue weighted by molar-refractivity contribution is 0.399. The summed E-state index contributed by atoms with van der Waals surface area (Å²) in [7, 11) is 4.22. The Bertz CT molecular complexity index is 232. The maximum absolute atomic E-state index is 3.46. The van der Waals surface area contributed by atoms with Crippen LogP contribution in [-0.2, 0) is 6.42 Å². The molecule has 1 rings (SSSR count). The third-order valence-corrected chi connectivity index (χ3v) is 3.28. The van der Waals surface area contributed by atoms with Crippen molar-refractivity contribution in [3.8, 4) is 0 Å². The van der Waals surface area contributed by atoms with Gasteiger partial charge in [0.15, 0.2) is 0 Å².